The zero-order chi connectivity index (χ0) is 24.8. The van der Waals surface area contributed by atoms with E-state index >= 15 is 0 Å². The number of rotatable bonds is 8. The third-order valence-electron chi connectivity index (χ3n) is 5.63. The Bertz CT molecular complexity index is 1380. The summed E-state index contributed by atoms with van der Waals surface area (Å²) in [6.45, 7) is -0.754. The minimum absolute atomic E-state index is 0.118. The first-order chi connectivity index (χ1) is 17.0. The van der Waals surface area contributed by atoms with Gasteiger partial charge in [0.2, 0.25) is 0 Å². The molecule has 1 amide bonds. The van der Waals surface area contributed by atoms with E-state index in [1.165, 1.54) is 7.11 Å². The van der Waals surface area contributed by atoms with E-state index < -0.39 is 30.5 Å². The minimum atomic E-state index is -0.916. The molecule has 0 spiro atoms. The fourth-order valence-corrected chi connectivity index (χ4v) is 3.99. The summed E-state index contributed by atoms with van der Waals surface area (Å²) in [6.07, 6.45) is 0.239. The molecule has 1 aromatic heterocycles. The van der Waals surface area contributed by atoms with Gasteiger partial charge in [0.1, 0.15) is 12.6 Å². The van der Waals surface area contributed by atoms with Crippen LogP contribution in [0.2, 0.25) is 0 Å². The molecule has 35 heavy (non-hydrogen) atoms. The fourth-order valence-electron chi connectivity index (χ4n) is 3.99. The van der Waals surface area contributed by atoms with Crippen LogP contribution in [0.4, 0.5) is 0 Å². The van der Waals surface area contributed by atoms with Gasteiger partial charge in [-0.1, -0.05) is 54.6 Å². The van der Waals surface area contributed by atoms with Crippen LogP contribution in [-0.2, 0) is 36.8 Å². The molecular weight excluding hydrogens is 448 g/mol. The van der Waals surface area contributed by atoms with Gasteiger partial charge < -0.3 is 19.4 Å². The maximum Gasteiger partial charge on any atom is 0.328 e. The molecule has 1 N–H and O–H groups in total. The Kier molecular flexibility index (Phi) is 7.21. The molecule has 0 aliphatic carbocycles. The van der Waals surface area contributed by atoms with Crippen molar-refractivity contribution in [3.8, 4) is 0 Å². The summed E-state index contributed by atoms with van der Waals surface area (Å²) in [4.78, 5) is 50.1. The second-order valence-electron chi connectivity index (χ2n) is 7.94. The van der Waals surface area contributed by atoms with Gasteiger partial charge in [-0.2, -0.15) is 0 Å². The molecule has 178 valence electrons. The van der Waals surface area contributed by atoms with Gasteiger partial charge in [-0.3, -0.25) is 14.4 Å². The molecule has 3 aromatic carbocycles. The van der Waals surface area contributed by atoms with Gasteiger partial charge in [-0.25, -0.2) is 4.79 Å². The van der Waals surface area contributed by atoms with E-state index in [-0.39, 0.29) is 18.4 Å². The van der Waals surface area contributed by atoms with Crippen molar-refractivity contribution in [3.63, 3.8) is 0 Å². The number of carbonyl (C=O) groups is 3. The number of pyridine rings is 1. The number of esters is 2. The number of methoxy groups -OCH3 is 1. The SMILES string of the molecule is COC(=O)C(Cc1ccccc1)NC(=O)COC(=O)Cn1c2ccccc2c(=O)c2ccccc21. The first-order valence-electron chi connectivity index (χ1n) is 11.0. The Balaban J connectivity index is 1.46. The molecule has 4 aromatic rings. The van der Waals surface area contributed by atoms with E-state index in [9.17, 15) is 19.2 Å². The van der Waals surface area contributed by atoms with Crippen molar-refractivity contribution < 1.29 is 23.9 Å². The lowest BCUT2D eigenvalue weighted by atomic mass is 10.1. The number of amides is 1. The van der Waals surface area contributed by atoms with Crippen LogP contribution in [0.5, 0.6) is 0 Å². The highest BCUT2D eigenvalue weighted by molar-refractivity contribution is 5.94. The fraction of sp³-hybridized carbons (Fsp3) is 0.185. The van der Waals surface area contributed by atoms with Crippen LogP contribution in [0.25, 0.3) is 21.8 Å². The summed E-state index contributed by atoms with van der Waals surface area (Å²) in [6, 6.07) is 22.3. The monoisotopic (exact) mass is 472 g/mol. The lowest BCUT2D eigenvalue weighted by Crippen LogP contribution is -2.44. The van der Waals surface area contributed by atoms with Gasteiger partial charge in [0.05, 0.1) is 18.1 Å². The average molecular weight is 472 g/mol. The summed E-state index contributed by atoms with van der Waals surface area (Å²) in [5, 5.41) is 3.53. The van der Waals surface area contributed by atoms with Gasteiger partial charge in [0.15, 0.2) is 12.0 Å². The van der Waals surface area contributed by atoms with Crippen LogP contribution in [0.15, 0.2) is 83.7 Å². The Morgan fingerprint density at radius 3 is 2.03 bits per heavy atom. The highest BCUT2D eigenvalue weighted by Crippen LogP contribution is 2.19. The summed E-state index contributed by atoms with van der Waals surface area (Å²) >= 11 is 0. The largest absolute Gasteiger partial charge is 0.467 e. The van der Waals surface area contributed by atoms with E-state index in [1.54, 1.807) is 53.1 Å². The molecule has 4 rings (SSSR count). The maximum atomic E-state index is 12.8. The number of benzene rings is 3. The molecule has 1 unspecified atom stereocenters. The van der Waals surface area contributed by atoms with Gasteiger partial charge >= 0.3 is 11.9 Å². The third-order valence-corrected chi connectivity index (χ3v) is 5.63. The first-order valence-corrected chi connectivity index (χ1v) is 11.0. The molecule has 1 atom stereocenters. The number of hydrogen-bond donors (Lipinski definition) is 1. The number of para-hydroxylation sites is 2. The van der Waals surface area contributed by atoms with E-state index in [0.29, 0.717) is 21.8 Å². The number of ether oxygens (including phenoxy) is 2. The van der Waals surface area contributed by atoms with Crippen molar-refractivity contribution in [1.82, 2.24) is 9.88 Å². The predicted molar refractivity (Wildman–Crippen MR) is 131 cm³/mol. The summed E-state index contributed by atoms with van der Waals surface area (Å²) < 4.78 is 11.7. The number of nitrogens with one attached hydrogen (secondary N) is 1. The van der Waals surface area contributed by atoms with Crippen molar-refractivity contribution >= 4 is 39.7 Å². The second-order valence-corrected chi connectivity index (χ2v) is 7.94. The molecule has 8 nitrogen and oxygen atoms in total. The highest BCUT2D eigenvalue weighted by atomic mass is 16.5. The van der Waals surface area contributed by atoms with E-state index in [4.69, 9.17) is 9.47 Å². The van der Waals surface area contributed by atoms with Gasteiger partial charge in [0, 0.05) is 17.2 Å². The van der Waals surface area contributed by atoms with Crippen LogP contribution in [0.1, 0.15) is 5.56 Å². The molecule has 0 saturated heterocycles. The van der Waals surface area contributed by atoms with Crippen molar-refractivity contribution in [2.24, 2.45) is 0 Å². The van der Waals surface area contributed by atoms with Crippen molar-refractivity contribution in [2.75, 3.05) is 13.7 Å². The minimum Gasteiger partial charge on any atom is -0.467 e. The molecule has 0 aliphatic rings. The van der Waals surface area contributed by atoms with Gasteiger partial charge in [-0.05, 0) is 29.8 Å². The zero-order valence-electron chi connectivity index (χ0n) is 19.1. The number of hydrogen-bond acceptors (Lipinski definition) is 6. The smallest absolute Gasteiger partial charge is 0.328 e. The Morgan fingerprint density at radius 2 is 1.43 bits per heavy atom. The van der Waals surface area contributed by atoms with Gasteiger partial charge in [-0.15, -0.1) is 0 Å². The van der Waals surface area contributed by atoms with Crippen molar-refractivity contribution in [3.05, 3.63) is 94.6 Å². The summed E-state index contributed by atoms with van der Waals surface area (Å²) in [7, 11) is 1.24. The average Bonchev–Trinajstić information content (AvgIpc) is 2.89. The van der Waals surface area contributed by atoms with E-state index in [1.807, 2.05) is 30.3 Å². The van der Waals surface area contributed by atoms with Gasteiger partial charge in [0.25, 0.3) is 5.91 Å². The molecular formula is C27H24N2O6. The molecule has 0 saturated carbocycles. The standard InChI is InChI=1S/C27H24N2O6/c1-34-27(33)21(15-18-9-3-2-4-10-18)28-24(30)17-35-25(31)16-29-22-13-7-5-11-19(22)26(32)20-12-6-8-14-23(20)29/h2-14,21H,15-17H2,1H3,(H,28,30). The molecule has 0 bridgehead atoms. The van der Waals surface area contributed by atoms with Crippen LogP contribution in [0.3, 0.4) is 0 Å². The molecule has 0 fully saturated rings. The number of aromatic nitrogens is 1. The van der Waals surface area contributed by atoms with Crippen molar-refractivity contribution in [2.45, 2.75) is 19.0 Å². The van der Waals surface area contributed by atoms with Crippen LogP contribution in [0, 0.1) is 0 Å². The first kappa shape index (κ1) is 23.7. The number of fused-ring (bicyclic) bond motifs is 2. The third kappa shape index (κ3) is 5.38. The normalized spacial score (nSPS) is 11.7. The highest BCUT2D eigenvalue weighted by Gasteiger charge is 2.23. The summed E-state index contributed by atoms with van der Waals surface area (Å²) in [5.41, 5.74) is 1.90. The summed E-state index contributed by atoms with van der Waals surface area (Å²) in [5.74, 6) is -1.88. The van der Waals surface area contributed by atoms with E-state index in [2.05, 4.69) is 5.32 Å². The Morgan fingerprint density at radius 1 is 0.857 bits per heavy atom. The zero-order valence-corrected chi connectivity index (χ0v) is 19.1. The molecule has 0 radical (unpaired) electrons. The van der Waals surface area contributed by atoms with Crippen molar-refractivity contribution in [1.29, 1.82) is 0 Å². The second kappa shape index (κ2) is 10.6. The topological polar surface area (TPSA) is 104 Å². The maximum absolute atomic E-state index is 12.8. The number of carbonyl (C=O) groups excluding carboxylic acids is 3. The molecule has 1 heterocycles. The molecule has 8 heteroatoms. The predicted octanol–water partition coefficient (Wildman–Crippen LogP) is 2.60. The Labute approximate surface area is 201 Å². The quantitative estimate of drug-likeness (QED) is 0.312. The van der Waals surface area contributed by atoms with Crippen LogP contribution in [-0.4, -0.2) is 42.2 Å². The van der Waals surface area contributed by atoms with Crippen LogP contribution >= 0.6 is 0 Å². The lowest BCUT2D eigenvalue weighted by Gasteiger charge is -2.17. The lowest BCUT2D eigenvalue weighted by molar-refractivity contribution is -0.150. The number of nitrogens with zero attached hydrogens (tertiary/aromatic N) is 1. The van der Waals surface area contributed by atoms with E-state index in [0.717, 1.165) is 5.56 Å². The Hall–Kier alpha value is -4.46. The molecule has 0 aliphatic heterocycles. The van der Waals surface area contributed by atoms with Crippen LogP contribution < -0.4 is 10.7 Å².